The van der Waals surface area contributed by atoms with E-state index in [1.54, 1.807) is 0 Å². The maximum absolute atomic E-state index is 4.85. The summed E-state index contributed by atoms with van der Waals surface area (Å²) >= 11 is 0. The zero-order valence-electron chi connectivity index (χ0n) is 11.7. The minimum Gasteiger partial charge on any atom is -0.373 e. The van der Waals surface area contributed by atoms with E-state index in [-0.39, 0.29) is 1.43 Å². The van der Waals surface area contributed by atoms with Crippen molar-refractivity contribution in [2.75, 3.05) is 45.2 Å². The van der Waals surface area contributed by atoms with Gasteiger partial charge in [-0.25, -0.2) is 0 Å². The van der Waals surface area contributed by atoms with Crippen molar-refractivity contribution in [3.05, 3.63) is 30.3 Å². The standard InChI is InChI=1S/C12H20N2.C2H7N.H2/c1-4-13(2)10-11-14(3)12-8-6-5-7-9-12;1-2-3;/h5-9H,4,10-11H2,1-3H3;2-3H2,1H3;1H. The molecule has 0 saturated carbocycles. The summed E-state index contributed by atoms with van der Waals surface area (Å²) in [6.07, 6.45) is 0. The molecule has 2 N–H and O–H groups in total. The second-order valence-electron chi connectivity index (χ2n) is 4.06. The third-order valence-corrected chi connectivity index (χ3v) is 2.55. The van der Waals surface area contributed by atoms with Crippen molar-refractivity contribution in [1.29, 1.82) is 0 Å². The van der Waals surface area contributed by atoms with Gasteiger partial charge in [0.2, 0.25) is 0 Å². The molecular formula is C14H29N3. The third-order valence-electron chi connectivity index (χ3n) is 2.55. The van der Waals surface area contributed by atoms with Crippen LogP contribution in [0, 0.1) is 0 Å². The highest BCUT2D eigenvalue weighted by molar-refractivity contribution is 5.44. The van der Waals surface area contributed by atoms with E-state index in [2.05, 4.69) is 61.2 Å². The van der Waals surface area contributed by atoms with Crippen LogP contribution in [0.15, 0.2) is 30.3 Å². The molecule has 0 heterocycles. The van der Waals surface area contributed by atoms with E-state index in [4.69, 9.17) is 5.73 Å². The average molecular weight is 239 g/mol. The highest BCUT2D eigenvalue weighted by Crippen LogP contribution is 2.09. The number of nitrogens with zero attached hydrogens (tertiary/aromatic N) is 2. The largest absolute Gasteiger partial charge is 0.373 e. The summed E-state index contributed by atoms with van der Waals surface area (Å²) in [6.45, 7) is 8.14. The third kappa shape index (κ3) is 7.77. The Hall–Kier alpha value is -1.06. The molecule has 0 aliphatic rings. The molecule has 1 rings (SSSR count). The van der Waals surface area contributed by atoms with Gasteiger partial charge < -0.3 is 15.5 Å². The van der Waals surface area contributed by atoms with Gasteiger partial charge in [-0.15, -0.1) is 0 Å². The number of rotatable bonds is 5. The summed E-state index contributed by atoms with van der Waals surface area (Å²) in [6, 6.07) is 10.5. The lowest BCUT2D eigenvalue weighted by Crippen LogP contribution is -2.30. The molecule has 0 atom stereocenters. The van der Waals surface area contributed by atoms with Gasteiger partial charge in [0.25, 0.3) is 0 Å². The molecule has 0 fully saturated rings. The monoisotopic (exact) mass is 239 g/mol. The lowest BCUT2D eigenvalue weighted by Gasteiger charge is -2.22. The van der Waals surface area contributed by atoms with E-state index < -0.39 is 0 Å². The number of hydrogen-bond donors (Lipinski definition) is 1. The van der Waals surface area contributed by atoms with Crippen LogP contribution in [-0.2, 0) is 0 Å². The summed E-state index contributed by atoms with van der Waals surface area (Å²) < 4.78 is 0. The molecule has 1 aromatic rings. The van der Waals surface area contributed by atoms with Crippen molar-refractivity contribution in [1.82, 2.24) is 4.90 Å². The van der Waals surface area contributed by atoms with Crippen molar-refractivity contribution in [3.63, 3.8) is 0 Å². The van der Waals surface area contributed by atoms with Crippen LogP contribution in [0.4, 0.5) is 5.69 Å². The fourth-order valence-electron chi connectivity index (χ4n) is 1.29. The van der Waals surface area contributed by atoms with Crippen LogP contribution in [0.25, 0.3) is 0 Å². The molecule has 0 unspecified atom stereocenters. The second kappa shape index (κ2) is 10.1. The smallest absolute Gasteiger partial charge is 0.0364 e. The zero-order valence-corrected chi connectivity index (χ0v) is 11.7. The summed E-state index contributed by atoms with van der Waals surface area (Å²) in [7, 11) is 4.29. The summed E-state index contributed by atoms with van der Waals surface area (Å²) in [5, 5.41) is 0. The predicted octanol–water partition coefficient (Wildman–Crippen LogP) is 2.29. The van der Waals surface area contributed by atoms with Gasteiger partial charge in [0.05, 0.1) is 0 Å². The fourth-order valence-corrected chi connectivity index (χ4v) is 1.29. The first-order valence-electron chi connectivity index (χ1n) is 6.30. The highest BCUT2D eigenvalue weighted by atomic mass is 15.2. The van der Waals surface area contributed by atoms with E-state index in [1.807, 2.05) is 6.92 Å². The molecule has 0 aliphatic carbocycles. The molecule has 100 valence electrons. The second-order valence-corrected chi connectivity index (χ2v) is 4.06. The molecule has 0 aliphatic heterocycles. The summed E-state index contributed by atoms with van der Waals surface area (Å²) in [4.78, 5) is 4.60. The Labute approximate surface area is 108 Å². The van der Waals surface area contributed by atoms with E-state index in [0.717, 1.165) is 26.2 Å². The van der Waals surface area contributed by atoms with Gasteiger partial charge >= 0.3 is 0 Å². The molecule has 3 heteroatoms. The van der Waals surface area contributed by atoms with Crippen molar-refractivity contribution in [3.8, 4) is 0 Å². The molecule has 0 aromatic heterocycles. The van der Waals surface area contributed by atoms with Crippen molar-refractivity contribution >= 4 is 5.69 Å². The van der Waals surface area contributed by atoms with Crippen LogP contribution in [0.5, 0.6) is 0 Å². The van der Waals surface area contributed by atoms with E-state index >= 15 is 0 Å². The lowest BCUT2D eigenvalue weighted by molar-refractivity contribution is 0.360. The van der Waals surface area contributed by atoms with Crippen LogP contribution in [0.1, 0.15) is 15.3 Å². The van der Waals surface area contributed by atoms with Gasteiger partial charge in [-0.1, -0.05) is 32.0 Å². The first-order valence-corrected chi connectivity index (χ1v) is 6.30. The summed E-state index contributed by atoms with van der Waals surface area (Å²) in [5.41, 5.74) is 6.14. The molecule has 1 aromatic carbocycles. The number of anilines is 1. The van der Waals surface area contributed by atoms with Crippen molar-refractivity contribution in [2.24, 2.45) is 5.73 Å². The Bertz CT molecular complexity index is 267. The first-order chi connectivity index (χ1) is 8.15. The maximum Gasteiger partial charge on any atom is 0.0364 e. The molecule has 3 nitrogen and oxygen atoms in total. The van der Waals surface area contributed by atoms with Gasteiger partial charge in [-0.05, 0) is 32.3 Å². The van der Waals surface area contributed by atoms with E-state index in [1.165, 1.54) is 5.69 Å². The summed E-state index contributed by atoms with van der Waals surface area (Å²) in [5.74, 6) is 0. The molecule has 0 spiro atoms. The Kier molecular flexibility index (Phi) is 9.49. The SMILES string of the molecule is CCN.CCN(C)CCN(C)c1ccccc1.[HH]. The topological polar surface area (TPSA) is 32.5 Å². The van der Waals surface area contributed by atoms with E-state index in [9.17, 15) is 0 Å². The van der Waals surface area contributed by atoms with E-state index in [0.29, 0.717) is 0 Å². The minimum atomic E-state index is 0. The number of para-hydroxylation sites is 1. The van der Waals surface area contributed by atoms with Crippen LogP contribution in [0.3, 0.4) is 0 Å². The Morgan fingerprint density at radius 3 is 2.06 bits per heavy atom. The van der Waals surface area contributed by atoms with Crippen LogP contribution in [-0.4, -0.2) is 45.2 Å². The van der Waals surface area contributed by atoms with Crippen molar-refractivity contribution < 1.29 is 1.43 Å². The molecule has 0 bridgehead atoms. The van der Waals surface area contributed by atoms with Crippen LogP contribution >= 0.6 is 0 Å². The highest BCUT2D eigenvalue weighted by Gasteiger charge is 2.00. The van der Waals surface area contributed by atoms with Crippen molar-refractivity contribution in [2.45, 2.75) is 13.8 Å². The van der Waals surface area contributed by atoms with Crippen LogP contribution in [0.2, 0.25) is 0 Å². The van der Waals surface area contributed by atoms with Gasteiger partial charge in [0.15, 0.2) is 0 Å². The number of likely N-dealkylation sites (N-methyl/N-ethyl adjacent to an activating group) is 2. The van der Waals surface area contributed by atoms with Gasteiger partial charge in [-0.2, -0.15) is 0 Å². The maximum atomic E-state index is 4.85. The number of nitrogens with two attached hydrogens (primary N) is 1. The normalized spacial score (nSPS) is 9.76. The molecule has 0 saturated heterocycles. The van der Waals surface area contributed by atoms with Gasteiger partial charge in [0.1, 0.15) is 0 Å². The van der Waals surface area contributed by atoms with Gasteiger partial charge in [-0.3, -0.25) is 0 Å². The fraction of sp³-hybridized carbons (Fsp3) is 0.571. The number of hydrogen-bond acceptors (Lipinski definition) is 3. The number of benzene rings is 1. The Morgan fingerprint density at radius 2 is 1.59 bits per heavy atom. The van der Waals surface area contributed by atoms with Gasteiger partial charge in [0, 0.05) is 27.3 Å². The molecule has 17 heavy (non-hydrogen) atoms. The average Bonchev–Trinajstić information content (AvgIpc) is 2.37. The first kappa shape index (κ1) is 15.9. The lowest BCUT2D eigenvalue weighted by atomic mass is 10.3. The predicted molar refractivity (Wildman–Crippen MR) is 79.7 cm³/mol. The Balaban J connectivity index is 0. The quantitative estimate of drug-likeness (QED) is 0.855. The van der Waals surface area contributed by atoms with Crippen LogP contribution < -0.4 is 10.6 Å². The molecule has 0 radical (unpaired) electrons. The minimum absolute atomic E-state index is 0. The molecular weight excluding hydrogens is 210 g/mol. The Morgan fingerprint density at radius 1 is 1.06 bits per heavy atom. The molecule has 0 amide bonds. The zero-order chi connectivity index (χ0) is 13.1.